The fourth-order valence-corrected chi connectivity index (χ4v) is 3.58. The van der Waals surface area contributed by atoms with Crippen LogP contribution in [0.2, 0.25) is 5.02 Å². The Morgan fingerprint density at radius 2 is 1.76 bits per heavy atom. The molecule has 1 amide bonds. The Hall–Kier alpha value is -3.75. The zero-order valence-electron chi connectivity index (χ0n) is 19.0. The van der Waals surface area contributed by atoms with Gasteiger partial charge < -0.3 is 14.8 Å². The van der Waals surface area contributed by atoms with E-state index in [4.69, 9.17) is 21.1 Å². The Balaban J connectivity index is 1.84. The molecule has 33 heavy (non-hydrogen) atoms. The first kappa shape index (κ1) is 23.9. The molecule has 0 heterocycles. The van der Waals surface area contributed by atoms with Crippen LogP contribution in [-0.4, -0.2) is 13.0 Å². The molecule has 0 aromatic heterocycles. The van der Waals surface area contributed by atoms with Gasteiger partial charge in [-0.15, -0.1) is 0 Å². The summed E-state index contributed by atoms with van der Waals surface area (Å²) in [7, 11) is 1.51. The number of amides is 1. The van der Waals surface area contributed by atoms with Gasteiger partial charge in [-0.25, -0.2) is 0 Å². The van der Waals surface area contributed by atoms with Crippen molar-refractivity contribution in [1.29, 1.82) is 5.26 Å². The Bertz CT molecular complexity index is 1220. The predicted molar refractivity (Wildman–Crippen MR) is 132 cm³/mol. The largest absolute Gasteiger partial charge is 0.493 e. The van der Waals surface area contributed by atoms with E-state index in [1.165, 1.54) is 18.7 Å². The smallest absolute Gasteiger partial charge is 0.266 e. The molecule has 0 saturated carbocycles. The number of carbonyl (C=O) groups is 1. The van der Waals surface area contributed by atoms with E-state index in [2.05, 4.69) is 5.32 Å². The molecule has 3 aromatic rings. The summed E-state index contributed by atoms with van der Waals surface area (Å²) < 4.78 is 11.4. The number of para-hydroxylation sites is 1. The lowest BCUT2D eigenvalue weighted by molar-refractivity contribution is -0.112. The van der Waals surface area contributed by atoms with Crippen LogP contribution in [0.3, 0.4) is 0 Å². The van der Waals surface area contributed by atoms with Crippen molar-refractivity contribution < 1.29 is 14.3 Å². The van der Waals surface area contributed by atoms with Crippen molar-refractivity contribution in [3.05, 3.63) is 93.0 Å². The molecule has 0 aliphatic carbocycles. The number of halogens is 1. The summed E-state index contributed by atoms with van der Waals surface area (Å²) >= 11 is 6.46. The molecule has 0 radical (unpaired) electrons. The van der Waals surface area contributed by atoms with Gasteiger partial charge in [-0.2, -0.15) is 5.26 Å². The highest BCUT2D eigenvalue weighted by Crippen LogP contribution is 2.37. The van der Waals surface area contributed by atoms with E-state index in [9.17, 15) is 10.1 Å². The van der Waals surface area contributed by atoms with Gasteiger partial charge in [-0.05, 0) is 61.2 Å². The highest BCUT2D eigenvalue weighted by molar-refractivity contribution is 6.32. The molecule has 0 aliphatic heterocycles. The van der Waals surface area contributed by atoms with Gasteiger partial charge in [0, 0.05) is 5.69 Å². The maximum atomic E-state index is 12.8. The molecule has 168 valence electrons. The Morgan fingerprint density at radius 1 is 1.09 bits per heavy atom. The summed E-state index contributed by atoms with van der Waals surface area (Å²) in [6.45, 7) is 6.15. The second-order valence-corrected chi connectivity index (χ2v) is 8.11. The third kappa shape index (κ3) is 5.94. The number of ether oxygens (including phenoxy) is 2. The van der Waals surface area contributed by atoms with Crippen molar-refractivity contribution in [3.63, 3.8) is 0 Å². The number of benzene rings is 3. The molecule has 0 saturated heterocycles. The number of hydrogen-bond acceptors (Lipinski definition) is 4. The van der Waals surface area contributed by atoms with Crippen molar-refractivity contribution in [2.75, 3.05) is 12.4 Å². The van der Waals surface area contributed by atoms with Gasteiger partial charge in [0.05, 0.1) is 12.1 Å². The first-order valence-electron chi connectivity index (χ1n) is 10.4. The minimum atomic E-state index is -0.496. The average molecular weight is 461 g/mol. The quantitative estimate of drug-likeness (QED) is 0.327. The number of nitriles is 1. The SMILES string of the molecule is COc1cc(/C=C(/C#N)C(=O)Nc2c(C)cccc2C)cc(Cl)c1OCc1ccc(C)cc1. The minimum Gasteiger partial charge on any atom is -0.493 e. The number of carbonyl (C=O) groups excluding carboxylic acids is 1. The molecule has 0 spiro atoms. The molecule has 5 nitrogen and oxygen atoms in total. The predicted octanol–water partition coefficient (Wildman–Crippen LogP) is 6.40. The van der Waals surface area contributed by atoms with Crippen LogP contribution in [0.25, 0.3) is 6.08 Å². The molecule has 0 fully saturated rings. The third-order valence-corrected chi connectivity index (χ3v) is 5.43. The van der Waals surface area contributed by atoms with Crippen LogP contribution in [0, 0.1) is 32.1 Å². The molecule has 3 aromatic carbocycles. The molecule has 1 N–H and O–H groups in total. The number of aryl methyl sites for hydroxylation is 3. The lowest BCUT2D eigenvalue weighted by Crippen LogP contribution is -2.15. The van der Waals surface area contributed by atoms with Crippen molar-refractivity contribution >= 4 is 29.3 Å². The monoisotopic (exact) mass is 460 g/mol. The van der Waals surface area contributed by atoms with E-state index >= 15 is 0 Å². The van der Waals surface area contributed by atoms with Gasteiger partial charge in [0.2, 0.25) is 0 Å². The van der Waals surface area contributed by atoms with Gasteiger partial charge in [0.1, 0.15) is 18.2 Å². The molecule has 6 heteroatoms. The summed E-state index contributed by atoms with van der Waals surface area (Å²) in [5.41, 5.74) is 5.19. The number of methoxy groups -OCH3 is 1. The normalized spacial score (nSPS) is 11.0. The summed E-state index contributed by atoms with van der Waals surface area (Å²) in [5, 5.41) is 12.7. The lowest BCUT2D eigenvalue weighted by atomic mass is 10.1. The first-order chi connectivity index (χ1) is 15.8. The van der Waals surface area contributed by atoms with Gasteiger partial charge in [-0.1, -0.05) is 59.6 Å². The molecule has 0 atom stereocenters. The first-order valence-corrected chi connectivity index (χ1v) is 10.8. The summed E-state index contributed by atoms with van der Waals surface area (Å²) in [4.78, 5) is 12.8. The second-order valence-electron chi connectivity index (χ2n) is 7.70. The number of nitrogens with one attached hydrogen (secondary N) is 1. The summed E-state index contributed by atoms with van der Waals surface area (Å²) in [6, 6.07) is 19.0. The summed E-state index contributed by atoms with van der Waals surface area (Å²) in [5.74, 6) is 0.313. The van der Waals surface area contributed by atoms with Crippen molar-refractivity contribution in [1.82, 2.24) is 0 Å². The zero-order valence-corrected chi connectivity index (χ0v) is 19.8. The maximum absolute atomic E-state index is 12.8. The molecule has 3 rings (SSSR count). The van der Waals surface area contributed by atoms with Crippen molar-refractivity contribution in [2.24, 2.45) is 0 Å². The Labute approximate surface area is 199 Å². The average Bonchev–Trinajstić information content (AvgIpc) is 2.79. The van der Waals surface area contributed by atoms with Crippen LogP contribution >= 0.6 is 11.6 Å². The van der Waals surface area contributed by atoms with Crippen LogP contribution in [0.5, 0.6) is 11.5 Å². The fourth-order valence-electron chi connectivity index (χ4n) is 3.31. The van der Waals surface area contributed by atoms with Crippen LogP contribution in [-0.2, 0) is 11.4 Å². The number of hydrogen-bond donors (Lipinski definition) is 1. The van der Waals surface area contributed by atoms with Crippen LogP contribution in [0.1, 0.15) is 27.8 Å². The van der Waals surface area contributed by atoms with E-state index < -0.39 is 5.91 Å². The third-order valence-electron chi connectivity index (χ3n) is 5.15. The maximum Gasteiger partial charge on any atom is 0.266 e. The standard InChI is InChI=1S/C27H25ClN2O3/c1-17-8-10-20(11-9-17)16-33-26-23(28)13-21(14-24(26)32-4)12-22(15-29)27(31)30-25-18(2)6-5-7-19(25)3/h5-14H,16H2,1-4H3,(H,30,31)/b22-12-. The molecule has 0 bridgehead atoms. The highest BCUT2D eigenvalue weighted by Gasteiger charge is 2.15. The van der Waals surface area contributed by atoms with Crippen LogP contribution in [0.15, 0.2) is 60.2 Å². The second kappa shape index (κ2) is 10.7. The van der Waals surface area contributed by atoms with E-state index in [0.717, 1.165) is 16.7 Å². The van der Waals surface area contributed by atoms with Crippen molar-refractivity contribution in [2.45, 2.75) is 27.4 Å². The van der Waals surface area contributed by atoms with Gasteiger partial charge >= 0.3 is 0 Å². The van der Waals surface area contributed by atoms with Crippen molar-refractivity contribution in [3.8, 4) is 17.6 Å². The number of rotatable bonds is 7. The fraction of sp³-hybridized carbons (Fsp3) is 0.185. The highest BCUT2D eigenvalue weighted by atomic mass is 35.5. The minimum absolute atomic E-state index is 0.0518. The van der Waals surface area contributed by atoms with E-state index in [-0.39, 0.29) is 5.57 Å². The zero-order chi connectivity index (χ0) is 24.0. The van der Waals surface area contributed by atoms with Gasteiger partial charge in [-0.3, -0.25) is 4.79 Å². The Kier molecular flexibility index (Phi) is 7.76. The van der Waals surface area contributed by atoms with E-state index in [1.807, 2.05) is 69.3 Å². The number of anilines is 1. The summed E-state index contributed by atoms with van der Waals surface area (Å²) in [6.07, 6.45) is 1.47. The van der Waals surface area contributed by atoms with Gasteiger partial charge in [0.15, 0.2) is 11.5 Å². The molecule has 0 aliphatic rings. The topological polar surface area (TPSA) is 71.3 Å². The lowest BCUT2D eigenvalue weighted by Gasteiger charge is -2.14. The van der Waals surface area contributed by atoms with E-state index in [1.54, 1.807) is 12.1 Å². The van der Waals surface area contributed by atoms with Crippen LogP contribution in [0.4, 0.5) is 5.69 Å². The van der Waals surface area contributed by atoms with Gasteiger partial charge in [0.25, 0.3) is 5.91 Å². The van der Waals surface area contributed by atoms with E-state index in [0.29, 0.717) is 34.4 Å². The number of nitrogens with zero attached hydrogens (tertiary/aromatic N) is 1. The van der Waals surface area contributed by atoms with Crippen LogP contribution < -0.4 is 14.8 Å². The Morgan fingerprint density at radius 3 is 2.36 bits per heavy atom. The molecule has 0 unspecified atom stereocenters. The molecular formula is C27H25ClN2O3. The molecular weight excluding hydrogens is 436 g/mol.